The monoisotopic (exact) mass is 232 g/mol. The van der Waals surface area contributed by atoms with Crippen molar-refractivity contribution in [1.82, 2.24) is 0 Å². The highest BCUT2D eigenvalue weighted by molar-refractivity contribution is 6.74. The lowest BCUT2D eigenvalue weighted by Gasteiger charge is -2.36. The van der Waals surface area contributed by atoms with Crippen molar-refractivity contribution >= 4 is 8.32 Å². The quantitative estimate of drug-likeness (QED) is 0.490. The van der Waals surface area contributed by atoms with Gasteiger partial charge < -0.3 is 4.43 Å². The Balaban J connectivity index is 3.98. The van der Waals surface area contributed by atoms with Crippen LogP contribution in [-0.2, 0) is 4.43 Å². The highest BCUT2D eigenvalue weighted by Crippen LogP contribution is 2.36. The maximum absolute atomic E-state index is 13.4. The smallest absolute Gasteiger partial charge is 0.192 e. The lowest BCUT2D eigenvalue weighted by atomic mass is 10.2. The number of allylic oxidation sites excluding steroid dienone is 1. The number of alkyl halides is 1. The van der Waals surface area contributed by atoms with E-state index in [1.54, 1.807) is 6.08 Å². The lowest BCUT2D eigenvalue weighted by molar-refractivity contribution is 0.175. The van der Waals surface area contributed by atoms with Crippen LogP contribution in [0.5, 0.6) is 0 Å². The molecule has 0 N–H and O–H groups in total. The Morgan fingerprint density at radius 2 is 1.93 bits per heavy atom. The van der Waals surface area contributed by atoms with Crippen LogP contribution in [0.2, 0.25) is 18.1 Å². The van der Waals surface area contributed by atoms with Gasteiger partial charge in [-0.15, -0.1) is 6.58 Å². The first-order valence-electron chi connectivity index (χ1n) is 5.59. The van der Waals surface area contributed by atoms with E-state index in [1.165, 1.54) is 0 Å². The van der Waals surface area contributed by atoms with Crippen LogP contribution in [0.15, 0.2) is 12.7 Å². The Bertz CT molecular complexity index is 196. The molecule has 0 radical (unpaired) electrons. The second kappa shape index (κ2) is 5.80. The van der Waals surface area contributed by atoms with E-state index in [9.17, 15) is 4.39 Å². The van der Waals surface area contributed by atoms with E-state index in [2.05, 4.69) is 40.4 Å². The minimum Gasteiger partial charge on any atom is -0.414 e. The van der Waals surface area contributed by atoms with E-state index in [-0.39, 0.29) is 11.6 Å². The molecular weight excluding hydrogens is 207 g/mol. The molecule has 0 aromatic rings. The van der Waals surface area contributed by atoms with E-state index in [0.717, 1.165) is 6.42 Å². The predicted octanol–water partition coefficient (Wildman–Crippen LogP) is 4.31. The van der Waals surface area contributed by atoms with Gasteiger partial charge >= 0.3 is 0 Å². The maximum atomic E-state index is 13.4. The topological polar surface area (TPSA) is 9.23 Å². The molecule has 0 aliphatic heterocycles. The van der Waals surface area contributed by atoms with Gasteiger partial charge in [0.1, 0.15) is 6.17 Å². The molecule has 0 heterocycles. The molecule has 0 unspecified atom stereocenters. The molecule has 0 fully saturated rings. The molecule has 0 amide bonds. The molecule has 15 heavy (non-hydrogen) atoms. The minimum atomic E-state index is -1.77. The number of hydrogen-bond acceptors (Lipinski definition) is 1. The van der Waals surface area contributed by atoms with Crippen LogP contribution in [0.4, 0.5) is 4.39 Å². The highest BCUT2D eigenvalue weighted by atomic mass is 28.4. The van der Waals surface area contributed by atoms with Gasteiger partial charge in [0, 0.05) is 0 Å². The first kappa shape index (κ1) is 14.8. The standard InChI is InChI=1S/C12H25FOSi/c1-7-8-9-11(13)10-14-15(5,6)12(2,3)4/h7,11H,1,8-10H2,2-6H3/t11-/m1/s1. The summed E-state index contributed by atoms with van der Waals surface area (Å²) in [5.74, 6) is 0. The fraction of sp³-hybridized carbons (Fsp3) is 0.833. The van der Waals surface area contributed by atoms with Crippen molar-refractivity contribution in [3.05, 3.63) is 12.7 Å². The van der Waals surface area contributed by atoms with Crippen molar-refractivity contribution in [3.63, 3.8) is 0 Å². The van der Waals surface area contributed by atoms with E-state index >= 15 is 0 Å². The van der Waals surface area contributed by atoms with Gasteiger partial charge in [-0.05, 0) is 31.0 Å². The van der Waals surface area contributed by atoms with Crippen molar-refractivity contribution < 1.29 is 8.82 Å². The molecule has 0 aromatic carbocycles. The average Bonchev–Trinajstić information content (AvgIpc) is 2.09. The number of halogens is 1. The molecule has 0 aliphatic rings. The van der Waals surface area contributed by atoms with Gasteiger partial charge in [0.15, 0.2) is 8.32 Å². The summed E-state index contributed by atoms with van der Waals surface area (Å²) in [4.78, 5) is 0. The van der Waals surface area contributed by atoms with Crippen LogP contribution >= 0.6 is 0 Å². The maximum Gasteiger partial charge on any atom is 0.192 e. The minimum absolute atomic E-state index is 0.158. The van der Waals surface area contributed by atoms with Crippen LogP contribution in [0, 0.1) is 0 Å². The molecule has 90 valence electrons. The van der Waals surface area contributed by atoms with Gasteiger partial charge in [-0.3, -0.25) is 0 Å². The first-order chi connectivity index (χ1) is 6.70. The normalized spacial score (nSPS) is 15.1. The average molecular weight is 232 g/mol. The zero-order chi connectivity index (χ0) is 12.1. The summed E-state index contributed by atoms with van der Waals surface area (Å²) in [6, 6.07) is 0. The molecule has 0 aromatic heterocycles. The summed E-state index contributed by atoms with van der Waals surface area (Å²) >= 11 is 0. The second-order valence-electron chi connectivity index (χ2n) is 5.53. The van der Waals surface area contributed by atoms with Gasteiger partial charge in [0.2, 0.25) is 0 Å². The second-order valence-corrected chi connectivity index (χ2v) is 10.3. The van der Waals surface area contributed by atoms with Gasteiger partial charge in [0.05, 0.1) is 6.61 Å². The lowest BCUT2D eigenvalue weighted by Crippen LogP contribution is -2.42. The Morgan fingerprint density at radius 1 is 1.40 bits per heavy atom. The highest BCUT2D eigenvalue weighted by Gasteiger charge is 2.37. The molecule has 0 saturated heterocycles. The molecule has 0 bridgehead atoms. The van der Waals surface area contributed by atoms with Crippen molar-refractivity contribution in [3.8, 4) is 0 Å². The zero-order valence-corrected chi connectivity index (χ0v) is 11.8. The van der Waals surface area contributed by atoms with Crippen LogP contribution in [-0.4, -0.2) is 21.1 Å². The molecule has 0 aliphatic carbocycles. The third-order valence-corrected chi connectivity index (χ3v) is 7.62. The van der Waals surface area contributed by atoms with Crippen molar-refractivity contribution in [1.29, 1.82) is 0 Å². The van der Waals surface area contributed by atoms with E-state index in [1.807, 2.05) is 0 Å². The van der Waals surface area contributed by atoms with Gasteiger partial charge in [-0.2, -0.15) is 0 Å². The SMILES string of the molecule is C=CCC[C@@H](F)CO[Si](C)(C)C(C)(C)C. The molecule has 0 rings (SSSR count). The zero-order valence-electron chi connectivity index (χ0n) is 10.8. The number of hydrogen-bond donors (Lipinski definition) is 0. The largest absolute Gasteiger partial charge is 0.414 e. The summed E-state index contributed by atoms with van der Waals surface area (Å²) in [5, 5.41) is 0.158. The Hall–Kier alpha value is -0.153. The Morgan fingerprint density at radius 3 is 2.33 bits per heavy atom. The van der Waals surface area contributed by atoms with Crippen LogP contribution < -0.4 is 0 Å². The van der Waals surface area contributed by atoms with Crippen molar-refractivity contribution in [2.75, 3.05) is 6.61 Å². The molecular formula is C12H25FOSi. The summed E-state index contributed by atoms with van der Waals surface area (Å²) < 4.78 is 19.1. The summed E-state index contributed by atoms with van der Waals surface area (Å²) in [5.41, 5.74) is 0. The third-order valence-electron chi connectivity index (χ3n) is 3.12. The van der Waals surface area contributed by atoms with E-state index in [0.29, 0.717) is 6.42 Å². The summed E-state index contributed by atoms with van der Waals surface area (Å²) in [6.45, 7) is 14.6. The Labute approximate surface area is 94.8 Å². The van der Waals surface area contributed by atoms with Crippen LogP contribution in [0.25, 0.3) is 0 Å². The molecule has 3 heteroatoms. The summed E-state index contributed by atoms with van der Waals surface area (Å²) in [7, 11) is -1.77. The van der Waals surface area contributed by atoms with Crippen LogP contribution in [0.1, 0.15) is 33.6 Å². The molecule has 1 nitrogen and oxygen atoms in total. The van der Waals surface area contributed by atoms with E-state index < -0.39 is 14.5 Å². The molecule has 0 saturated carbocycles. The summed E-state index contributed by atoms with van der Waals surface area (Å²) in [6.07, 6.45) is 2.15. The Kier molecular flexibility index (Phi) is 5.74. The van der Waals surface area contributed by atoms with E-state index in [4.69, 9.17) is 4.43 Å². The van der Waals surface area contributed by atoms with Crippen molar-refractivity contribution in [2.45, 2.75) is 57.9 Å². The van der Waals surface area contributed by atoms with Gasteiger partial charge in [-0.25, -0.2) is 4.39 Å². The predicted molar refractivity (Wildman–Crippen MR) is 67.5 cm³/mol. The fourth-order valence-corrected chi connectivity index (χ4v) is 1.93. The third kappa shape index (κ3) is 5.47. The first-order valence-corrected chi connectivity index (χ1v) is 8.50. The molecule has 1 atom stereocenters. The fourth-order valence-electron chi connectivity index (χ4n) is 0.897. The van der Waals surface area contributed by atoms with Gasteiger partial charge in [-0.1, -0.05) is 26.8 Å². The van der Waals surface area contributed by atoms with Gasteiger partial charge in [0.25, 0.3) is 0 Å². The molecule has 0 spiro atoms. The van der Waals surface area contributed by atoms with Crippen LogP contribution in [0.3, 0.4) is 0 Å². The number of rotatable bonds is 6. The van der Waals surface area contributed by atoms with Crippen molar-refractivity contribution in [2.24, 2.45) is 0 Å².